The molecule has 3 atom stereocenters. The molecule has 0 radical (unpaired) electrons. The lowest BCUT2D eigenvalue weighted by atomic mass is 9.78. The van der Waals surface area contributed by atoms with Crippen LogP contribution < -0.4 is 16.0 Å². The Morgan fingerprint density at radius 3 is 2.63 bits per heavy atom. The maximum absolute atomic E-state index is 13.4. The van der Waals surface area contributed by atoms with E-state index in [2.05, 4.69) is 16.0 Å². The Bertz CT molecular complexity index is 832. The molecule has 8 heteroatoms. The summed E-state index contributed by atoms with van der Waals surface area (Å²) in [5.74, 6) is 0.549. The number of nitrogens with zero attached hydrogens (tertiary/aromatic N) is 1. The van der Waals surface area contributed by atoms with E-state index in [-0.39, 0.29) is 30.5 Å². The Kier molecular flexibility index (Phi) is 10.7. The van der Waals surface area contributed by atoms with E-state index in [9.17, 15) is 9.59 Å². The van der Waals surface area contributed by atoms with Crippen molar-refractivity contribution in [2.75, 3.05) is 40.3 Å². The lowest BCUT2D eigenvalue weighted by Gasteiger charge is -2.44. The van der Waals surface area contributed by atoms with Crippen LogP contribution in [0.25, 0.3) is 0 Å². The molecular formula is C27H43ClN4O3. The van der Waals surface area contributed by atoms with Gasteiger partial charge in [-0.1, -0.05) is 55.8 Å². The number of hydrogen-bond acceptors (Lipinski definition) is 4. The molecule has 1 heterocycles. The minimum absolute atomic E-state index is 0.00879. The van der Waals surface area contributed by atoms with E-state index in [4.69, 9.17) is 16.3 Å². The fraction of sp³-hybridized carbons (Fsp3) is 0.704. The molecule has 0 unspecified atom stereocenters. The van der Waals surface area contributed by atoms with Crippen LogP contribution in [0.4, 0.5) is 4.79 Å². The van der Waals surface area contributed by atoms with E-state index >= 15 is 0 Å². The molecule has 1 aromatic carbocycles. The molecule has 0 bridgehead atoms. The van der Waals surface area contributed by atoms with Crippen molar-refractivity contribution >= 4 is 23.5 Å². The highest BCUT2D eigenvalue weighted by Gasteiger charge is 2.41. The number of amides is 3. The molecule has 2 fully saturated rings. The summed E-state index contributed by atoms with van der Waals surface area (Å²) in [5.41, 5.74) is 0.176. The van der Waals surface area contributed by atoms with Gasteiger partial charge in [0.1, 0.15) is 6.61 Å². The number of nitrogens with one attached hydrogen (secondary N) is 3. The van der Waals surface area contributed by atoms with Crippen LogP contribution >= 0.6 is 11.6 Å². The zero-order valence-electron chi connectivity index (χ0n) is 21.6. The van der Waals surface area contributed by atoms with E-state index in [1.807, 2.05) is 43.1 Å². The third-order valence-electron chi connectivity index (χ3n) is 7.79. The summed E-state index contributed by atoms with van der Waals surface area (Å²) in [6.07, 6.45) is 9.29. The number of ether oxygens (including phenoxy) is 1. The van der Waals surface area contributed by atoms with Crippen molar-refractivity contribution in [2.24, 2.45) is 11.8 Å². The molecule has 1 aliphatic heterocycles. The van der Waals surface area contributed by atoms with Crippen molar-refractivity contribution < 1.29 is 14.3 Å². The first-order valence-electron chi connectivity index (χ1n) is 13.2. The van der Waals surface area contributed by atoms with Gasteiger partial charge in [0.25, 0.3) is 0 Å². The van der Waals surface area contributed by atoms with Crippen LogP contribution in [0.15, 0.2) is 24.3 Å². The highest BCUT2D eigenvalue weighted by atomic mass is 35.5. The van der Waals surface area contributed by atoms with Crippen molar-refractivity contribution in [1.29, 1.82) is 0 Å². The molecule has 196 valence electrons. The SMILES string of the molecule is CNC[C@@H](CC1CCCCC1)NC(=O)N1CCC[C@H]([C@@](C)(OCC(=O)NC)c2cccc(Cl)c2)C1. The van der Waals surface area contributed by atoms with Gasteiger partial charge in [0.15, 0.2) is 0 Å². The van der Waals surface area contributed by atoms with E-state index in [0.29, 0.717) is 17.5 Å². The van der Waals surface area contributed by atoms with Gasteiger partial charge in [-0.2, -0.15) is 0 Å². The zero-order valence-corrected chi connectivity index (χ0v) is 22.3. The Morgan fingerprint density at radius 1 is 1.17 bits per heavy atom. The molecule has 35 heavy (non-hydrogen) atoms. The number of hydrogen-bond donors (Lipinski definition) is 3. The Balaban J connectivity index is 1.70. The average molecular weight is 507 g/mol. The molecule has 1 saturated carbocycles. The summed E-state index contributed by atoms with van der Waals surface area (Å²) in [6, 6.07) is 7.74. The van der Waals surface area contributed by atoms with Gasteiger partial charge in [0, 0.05) is 43.7 Å². The zero-order chi connectivity index (χ0) is 25.3. The molecule has 1 saturated heterocycles. The number of carbonyl (C=O) groups is 2. The number of carbonyl (C=O) groups excluding carboxylic acids is 2. The van der Waals surface area contributed by atoms with E-state index in [1.165, 1.54) is 32.1 Å². The van der Waals surface area contributed by atoms with E-state index in [1.54, 1.807) is 7.05 Å². The number of likely N-dealkylation sites (tertiary alicyclic amines) is 1. The summed E-state index contributed by atoms with van der Waals surface area (Å²) in [7, 11) is 3.54. The van der Waals surface area contributed by atoms with Crippen molar-refractivity contribution in [1.82, 2.24) is 20.9 Å². The van der Waals surface area contributed by atoms with Gasteiger partial charge >= 0.3 is 6.03 Å². The summed E-state index contributed by atoms with van der Waals surface area (Å²) in [4.78, 5) is 27.3. The lowest BCUT2D eigenvalue weighted by Crippen LogP contribution is -2.54. The van der Waals surface area contributed by atoms with Crippen LogP contribution in [0.3, 0.4) is 0 Å². The summed E-state index contributed by atoms with van der Waals surface area (Å²) >= 11 is 6.31. The number of rotatable bonds is 10. The van der Waals surface area contributed by atoms with E-state index in [0.717, 1.165) is 37.9 Å². The first-order chi connectivity index (χ1) is 16.9. The fourth-order valence-corrected chi connectivity index (χ4v) is 5.85. The Hall–Kier alpha value is -1.83. The first-order valence-corrected chi connectivity index (χ1v) is 13.5. The number of halogens is 1. The largest absolute Gasteiger partial charge is 0.360 e. The van der Waals surface area contributed by atoms with Gasteiger partial charge in [0.05, 0.1) is 5.60 Å². The summed E-state index contributed by atoms with van der Waals surface area (Å²) in [5, 5.41) is 9.82. The molecule has 2 aliphatic rings. The van der Waals surface area contributed by atoms with Crippen LogP contribution in [0.2, 0.25) is 5.02 Å². The minimum Gasteiger partial charge on any atom is -0.360 e. The maximum Gasteiger partial charge on any atom is 0.317 e. The van der Waals surface area contributed by atoms with Gasteiger partial charge in [-0.15, -0.1) is 0 Å². The second kappa shape index (κ2) is 13.5. The van der Waals surface area contributed by atoms with Crippen LogP contribution in [-0.4, -0.2) is 63.2 Å². The van der Waals surface area contributed by atoms with Crippen LogP contribution in [0.5, 0.6) is 0 Å². The molecule has 3 amide bonds. The molecular weight excluding hydrogens is 464 g/mol. The van der Waals surface area contributed by atoms with Crippen LogP contribution in [0.1, 0.15) is 63.9 Å². The monoisotopic (exact) mass is 506 g/mol. The molecule has 3 N–H and O–H groups in total. The Labute approximate surface area is 215 Å². The Morgan fingerprint density at radius 2 is 1.94 bits per heavy atom. The number of benzene rings is 1. The average Bonchev–Trinajstić information content (AvgIpc) is 2.87. The number of piperidine rings is 1. The van der Waals surface area contributed by atoms with Gasteiger partial charge in [-0.05, 0) is 56.8 Å². The van der Waals surface area contributed by atoms with Gasteiger partial charge in [-0.3, -0.25) is 4.79 Å². The fourth-order valence-electron chi connectivity index (χ4n) is 5.66. The van der Waals surface area contributed by atoms with Gasteiger partial charge < -0.3 is 25.6 Å². The van der Waals surface area contributed by atoms with Gasteiger partial charge in [-0.25, -0.2) is 4.79 Å². The summed E-state index contributed by atoms with van der Waals surface area (Å²) < 4.78 is 6.27. The van der Waals surface area contributed by atoms with E-state index < -0.39 is 5.60 Å². The number of urea groups is 1. The molecule has 1 aliphatic carbocycles. The van der Waals surface area contributed by atoms with Gasteiger partial charge in [0.2, 0.25) is 5.91 Å². The highest BCUT2D eigenvalue weighted by molar-refractivity contribution is 6.30. The third-order valence-corrected chi connectivity index (χ3v) is 8.02. The van der Waals surface area contributed by atoms with Crippen molar-refractivity contribution in [3.05, 3.63) is 34.9 Å². The topological polar surface area (TPSA) is 82.7 Å². The molecule has 7 nitrogen and oxygen atoms in total. The predicted octanol–water partition coefficient (Wildman–Crippen LogP) is 4.30. The normalized spacial score (nSPS) is 21.7. The second-order valence-corrected chi connectivity index (χ2v) is 10.7. The molecule has 1 aromatic rings. The first kappa shape index (κ1) is 27.8. The summed E-state index contributed by atoms with van der Waals surface area (Å²) in [6.45, 7) is 4.03. The van der Waals surface area contributed by atoms with Crippen molar-refractivity contribution in [3.63, 3.8) is 0 Å². The second-order valence-electron chi connectivity index (χ2n) is 10.3. The van der Waals surface area contributed by atoms with Crippen molar-refractivity contribution in [2.45, 2.75) is 69.9 Å². The van der Waals surface area contributed by atoms with Crippen molar-refractivity contribution in [3.8, 4) is 0 Å². The minimum atomic E-state index is -0.747. The molecule has 0 aromatic heterocycles. The maximum atomic E-state index is 13.4. The molecule has 3 rings (SSSR count). The molecule has 0 spiro atoms. The third kappa shape index (κ3) is 7.83. The highest BCUT2D eigenvalue weighted by Crippen LogP contribution is 2.39. The smallest absolute Gasteiger partial charge is 0.317 e. The lowest BCUT2D eigenvalue weighted by molar-refractivity contribution is -0.140. The standard InChI is InChI=1S/C27H43ClN4O3/c1-27(35-19-25(33)30-3,21-11-7-13-23(28)16-21)22-12-8-14-32(18-22)26(34)31-24(17-29-2)15-20-9-5-4-6-10-20/h7,11,13,16,20,22,24,29H,4-6,8-10,12,14-15,17-19H2,1-3H3,(H,30,33)(H,31,34)/t22-,24+,27-/m0/s1. The van der Waals surface area contributed by atoms with Crippen LogP contribution in [0, 0.1) is 11.8 Å². The quantitative estimate of drug-likeness (QED) is 0.442. The predicted molar refractivity (Wildman–Crippen MR) is 141 cm³/mol. The van der Waals surface area contributed by atoms with Crippen LogP contribution in [-0.2, 0) is 15.1 Å². The number of likely N-dealkylation sites (N-methyl/N-ethyl adjacent to an activating group) is 2.